The van der Waals surface area contributed by atoms with Crippen LogP contribution >= 0.6 is 0 Å². The highest BCUT2D eigenvalue weighted by molar-refractivity contribution is 4.84. The van der Waals surface area contributed by atoms with Gasteiger partial charge in [-0.3, -0.25) is 11.3 Å². The summed E-state index contributed by atoms with van der Waals surface area (Å²) in [5, 5.41) is 0. The van der Waals surface area contributed by atoms with Crippen LogP contribution in [-0.2, 0) is 0 Å². The Morgan fingerprint density at radius 1 is 1.33 bits per heavy atom. The fourth-order valence-electron chi connectivity index (χ4n) is 1.74. The molecular weight excluding hydrogens is 148 g/mol. The fraction of sp³-hybridized carbons (Fsp3) is 1.00. The molecule has 1 aliphatic rings. The molecule has 1 fully saturated rings. The molecule has 0 spiro atoms. The maximum absolute atomic E-state index is 5.48. The molecule has 0 radical (unpaired) electrons. The molecule has 72 valence electrons. The Morgan fingerprint density at radius 2 is 2.08 bits per heavy atom. The zero-order valence-electron chi connectivity index (χ0n) is 8.18. The first-order valence-electron chi connectivity index (χ1n) is 5.34. The first kappa shape index (κ1) is 10.0. The topological polar surface area (TPSA) is 38.0 Å². The quantitative estimate of drug-likeness (QED) is 0.349. The molecule has 0 saturated heterocycles. The molecule has 0 aromatic carbocycles. The van der Waals surface area contributed by atoms with Crippen molar-refractivity contribution in [1.82, 2.24) is 5.43 Å². The van der Waals surface area contributed by atoms with Crippen LogP contribution in [-0.4, -0.2) is 6.04 Å². The van der Waals surface area contributed by atoms with Crippen LogP contribution in [0.5, 0.6) is 0 Å². The highest BCUT2D eigenvalue weighted by Crippen LogP contribution is 2.34. The van der Waals surface area contributed by atoms with E-state index in [1.807, 2.05) is 0 Å². The molecule has 0 aliphatic heterocycles. The number of hydrogen-bond donors (Lipinski definition) is 2. The van der Waals surface area contributed by atoms with Crippen molar-refractivity contribution < 1.29 is 0 Å². The van der Waals surface area contributed by atoms with E-state index in [9.17, 15) is 0 Å². The van der Waals surface area contributed by atoms with Gasteiger partial charge in [0.1, 0.15) is 0 Å². The number of hydrogen-bond acceptors (Lipinski definition) is 2. The summed E-state index contributed by atoms with van der Waals surface area (Å²) in [7, 11) is 0. The highest BCUT2D eigenvalue weighted by atomic mass is 15.2. The third kappa shape index (κ3) is 3.55. The first-order valence-corrected chi connectivity index (χ1v) is 5.34. The third-order valence-corrected chi connectivity index (χ3v) is 2.77. The molecule has 1 atom stereocenters. The van der Waals surface area contributed by atoms with E-state index >= 15 is 0 Å². The van der Waals surface area contributed by atoms with Gasteiger partial charge < -0.3 is 0 Å². The van der Waals surface area contributed by atoms with E-state index in [1.165, 1.54) is 44.9 Å². The summed E-state index contributed by atoms with van der Waals surface area (Å²) >= 11 is 0. The number of unbranched alkanes of at least 4 members (excludes halogenated alkanes) is 3. The van der Waals surface area contributed by atoms with Gasteiger partial charge in [0, 0.05) is 6.04 Å². The van der Waals surface area contributed by atoms with Crippen LogP contribution in [0.4, 0.5) is 0 Å². The van der Waals surface area contributed by atoms with Crippen LogP contribution in [0.25, 0.3) is 0 Å². The Labute approximate surface area is 75.9 Å². The molecule has 0 aromatic heterocycles. The monoisotopic (exact) mass is 170 g/mol. The van der Waals surface area contributed by atoms with Gasteiger partial charge in [-0.2, -0.15) is 0 Å². The van der Waals surface area contributed by atoms with Crippen LogP contribution in [0.1, 0.15) is 51.9 Å². The van der Waals surface area contributed by atoms with Crippen LogP contribution in [0.3, 0.4) is 0 Å². The summed E-state index contributed by atoms with van der Waals surface area (Å²) in [6, 6.07) is 0.613. The molecule has 2 heteroatoms. The number of rotatable bonds is 7. The maximum Gasteiger partial charge on any atom is 0.0238 e. The molecule has 3 N–H and O–H groups in total. The van der Waals surface area contributed by atoms with Gasteiger partial charge in [-0.15, -0.1) is 0 Å². The van der Waals surface area contributed by atoms with E-state index in [1.54, 1.807) is 0 Å². The highest BCUT2D eigenvalue weighted by Gasteiger charge is 2.29. The smallest absolute Gasteiger partial charge is 0.0238 e. The Bertz CT molecular complexity index is 110. The predicted molar refractivity (Wildman–Crippen MR) is 52.6 cm³/mol. The lowest BCUT2D eigenvalue weighted by Crippen LogP contribution is -2.36. The van der Waals surface area contributed by atoms with Gasteiger partial charge in [-0.05, 0) is 25.2 Å². The summed E-state index contributed by atoms with van der Waals surface area (Å²) in [5.41, 5.74) is 2.94. The second kappa shape index (κ2) is 5.55. The van der Waals surface area contributed by atoms with E-state index in [-0.39, 0.29) is 0 Å². The lowest BCUT2D eigenvalue weighted by atomic mass is 10.0. The largest absolute Gasteiger partial charge is 0.271 e. The Balaban J connectivity index is 1.95. The average molecular weight is 170 g/mol. The van der Waals surface area contributed by atoms with Gasteiger partial charge in [0.2, 0.25) is 0 Å². The Kier molecular flexibility index (Phi) is 4.62. The van der Waals surface area contributed by atoms with Gasteiger partial charge in [0.15, 0.2) is 0 Å². The Hall–Kier alpha value is -0.0800. The van der Waals surface area contributed by atoms with Crippen molar-refractivity contribution in [2.75, 3.05) is 0 Å². The van der Waals surface area contributed by atoms with Gasteiger partial charge in [-0.1, -0.05) is 32.6 Å². The van der Waals surface area contributed by atoms with Crippen LogP contribution in [0.2, 0.25) is 0 Å². The average Bonchev–Trinajstić information content (AvgIpc) is 2.88. The normalized spacial score (nSPS) is 19.5. The molecule has 0 aromatic rings. The molecule has 12 heavy (non-hydrogen) atoms. The number of hydrazine groups is 1. The second-order valence-corrected chi connectivity index (χ2v) is 3.96. The standard InChI is InChI=1S/C10H22N2/c1-2-3-4-5-6-10(12-11)9-7-8-9/h9-10,12H,2-8,11H2,1H3. The van der Waals surface area contributed by atoms with Gasteiger partial charge in [0.25, 0.3) is 0 Å². The maximum atomic E-state index is 5.48. The van der Waals surface area contributed by atoms with E-state index in [2.05, 4.69) is 12.3 Å². The van der Waals surface area contributed by atoms with Crippen LogP contribution < -0.4 is 11.3 Å². The predicted octanol–water partition coefficient (Wildman–Crippen LogP) is 2.20. The summed E-state index contributed by atoms with van der Waals surface area (Å²) in [4.78, 5) is 0. The van der Waals surface area contributed by atoms with E-state index in [0.29, 0.717) is 6.04 Å². The molecule has 1 rings (SSSR count). The van der Waals surface area contributed by atoms with Crippen molar-refractivity contribution in [3.63, 3.8) is 0 Å². The zero-order chi connectivity index (χ0) is 8.81. The SMILES string of the molecule is CCCCCCC(NN)C1CC1. The van der Waals surface area contributed by atoms with Gasteiger partial charge in [0.05, 0.1) is 0 Å². The minimum atomic E-state index is 0.613. The van der Waals surface area contributed by atoms with Crippen molar-refractivity contribution in [1.29, 1.82) is 0 Å². The lowest BCUT2D eigenvalue weighted by molar-refractivity contribution is 0.424. The minimum Gasteiger partial charge on any atom is -0.271 e. The zero-order valence-corrected chi connectivity index (χ0v) is 8.18. The summed E-state index contributed by atoms with van der Waals surface area (Å²) < 4.78 is 0. The summed E-state index contributed by atoms with van der Waals surface area (Å²) in [5.74, 6) is 6.38. The van der Waals surface area contributed by atoms with E-state index in [4.69, 9.17) is 5.84 Å². The number of nitrogens with two attached hydrogens (primary N) is 1. The van der Waals surface area contributed by atoms with E-state index < -0.39 is 0 Å². The summed E-state index contributed by atoms with van der Waals surface area (Å²) in [6.07, 6.45) is 9.49. The lowest BCUT2D eigenvalue weighted by Gasteiger charge is -2.13. The molecular formula is C10H22N2. The van der Waals surface area contributed by atoms with E-state index in [0.717, 1.165) is 5.92 Å². The van der Waals surface area contributed by atoms with Gasteiger partial charge >= 0.3 is 0 Å². The molecule has 1 saturated carbocycles. The third-order valence-electron chi connectivity index (χ3n) is 2.77. The van der Waals surface area contributed by atoms with Crippen LogP contribution in [0.15, 0.2) is 0 Å². The van der Waals surface area contributed by atoms with Crippen molar-refractivity contribution in [3.05, 3.63) is 0 Å². The van der Waals surface area contributed by atoms with Crippen LogP contribution in [0, 0.1) is 5.92 Å². The molecule has 2 nitrogen and oxygen atoms in total. The second-order valence-electron chi connectivity index (χ2n) is 3.96. The van der Waals surface area contributed by atoms with Crippen molar-refractivity contribution in [2.24, 2.45) is 11.8 Å². The van der Waals surface area contributed by atoms with Crippen molar-refractivity contribution in [2.45, 2.75) is 57.9 Å². The summed E-state index contributed by atoms with van der Waals surface area (Å²) in [6.45, 7) is 2.25. The molecule has 0 heterocycles. The fourth-order valence-corrected chi connectivity index (χ4v) is 1.74. The molecule has 0 amide bonds. The van der Waals surface area contributed by atoms with Gasteiger partial charge in [-0.25, -0.2) is 0 Å². The van der Waals surface area contributed by atoms with Crippen molar-refractivity contribution in [3.8, 4) is 0 Å². The van der Waals surface area contributed by atoms with Crippen molar-refractivity contribution >= 4 is 0 Å². The molecule has 0 bridgehead atoms. The molecule has 1 unspecified atom stereocenters. The first-order chi connectivity index (χ1) is 5.88. The molecule has 1 aliphatic carbocycles. The Morgan fingerprint density at radius 3 is 2.58 bits per heavy atom. The minimum absolute atomic E-state index is 0.613. The number of nitrogens with one attached hydrogen (secondary N) is 1.